The lowest BCUT2D eigenvalue weighted by Gasteiger charge is -2.14. The Morgan fingerprint density at radius 3 is 2.53 bits per heavy atom. The summed E-state index contributed by atoms with van der Waals surface area (Å²) in [7, 11) is 0. The van der Waals surface area contributed by atoms with E-state index in [-0.39, 0.29) is 23.6 Å². The highest BCUT2D eigenvalue weighted by Gasteiger charge is 2.36. The minimum absolute atomic E-state index is 0.0493. The summed E-state index contributed by atoms with van der Waals surface area (Å²) in [5.41, 5.74) is -1.89. The standard InChI is InChI=1S/C12H9ClF3NO2/c1-2-19-11(18)9-3-7(5-13)8(6-17)4-10(9)12(14,15)16/h3-4H,2,5H2,1H3. The van der Waals surface area contributed by atoms with Crippen LogP contribution in [0.4, 0.5) is 13.2 Å². The van der Waals surface area contributed by atoms with Crippen molar-refractivity contribution in [3.05, 3.63) is 34.4 Å². The van der Waals surface area contributed by atoms with Crippen LogP contribution in [0, 0.1) is 11.3 Å². The summed E-state index contributed by atoms with van der Waals surface area (Å²) >= 11 is 5.55. The van der Waals surface area contributed by atoms with Crippen LogP contribution in [0.5, 0.6) is 0 Å². The molecule has 0 spiro atoms. The van der Waals surface area contributed by atoms with Crippen LogP contribution in [0.25, 0.3) is 0 Å². The molecular formula is C12H9ClF3NO2. The fourth-order valence-corrected chi connectivity index (χ4v) is 1.69. The molecule has 3 nitrogen and oxygen atoms in total. The summed E-state index contributed by atoms with van der Waals surface area (Å²) in [5.74, 6) is -1.27. The zero-order valence-corrected chi connectivity index (χ0v) is 10.6. The summed E-state index contributed by atoms with van der Waals surface area (Å²) in [6.07, 6.45) is -4.75. The normalized spacial score (nSPS) is 10.9. The van der Waals surface area contributed by atoms with Crippen LogP contribution in [-0.2, 0) is 16.8 Å². The molecule has 0 heterocycles. The second-order valence-corrected chi connectivity index (χ2v) is 3.79. The van der Waals surface area contributed by atoms with Crippen LogP contribution < -0.4 is 0 Å². The van der Waals surface area contributed by atoms with E-state index in [4.69, 9.17) is 16.9 Å². The van der Waals surface area contributed by atoms with E-state index in [9.17, 15) is 18.0 Å². The van der Waals surface area contributed by atoms with Crippen LogP contribution in [0.1, 0.15) is 34.0 Å². The Hall–Kier alpha value is -1.74. The molecule has 0 saturated carbocycles. The van der Waals surface area contributed by atoms with E-state index in [2.05, 4.69) is 4.74 Å². The zero-order valence-electron chi connectivity index (χ0n) is 9.84. The van der Waals surface area contributed by atoms with E-state index in [1.54, 1.807) is 6.07 Å². The number of nitriles is 1. The molecule has 0 aliphatic rings. The van der Waals surface area contributed by atoms with Crippen LogP contribution in [0.15, 0.2) is 12.1 Å². The zero-order chi connectivity index (χ0) is 14.6. The van der Waals surface area contributed by atoms with Gasteiger partial charge in [0.05, 0.1) is 29.4 Å². The van der Waals surface area contributed by atoms with Crippen molar-refractivity contribution < 1.29 is 22.7 Å². The van der Waals surface area contributed by atoms with Crippen molar-refractivity contribution in [2.45, 2.75) is 19.0 Å². The van der Waals surface area contributed by atoms with Crippen molar-refractivity contribution in [1.82, 2.24) is 0 Å². The van der Waals surface area contributed by atoms with Crippen molar-refractivity contribution >= 4 is 17.6 Å². The molecule has 0 aromatic heterocycles. The van der Waals surface area contributed by atoms with Gasteiger partial charge in [-0.05, 0) is 24.6 Å². The molecule has 0 radical (unpaired) electrons. The first-order chi connectivity index (χ1) is 8.85. The maximum atomic E-state index is 12.9. The third-order valence-electron chi connectivity index (χ3n) is 2.31. The Balaban J connectivity index is 3.50. The third kappa shape index (κ3) is 3.38. The lowest BCUT2D eigenvalue weighted by atomic mass is 9.99. The monoisotopic (exact) mass is 291 g/mol. The molecule has 0 fully saturated rings. The number of halogens is 4. The minimum atomic E-state index is -4.75. The average Bonchev–Trinajstić information content (AvgIpc) is 2.36. The van der Waals surface area contributed by atoms with Crippen LogP contribution in [-0.4, -0.2) is 12.6 Å². The number of carbonyl (C=O) groups excluding carboxylic acids is 1. The molecule has 0 unspecified atom stereocenters. The molecule has 0 aliphatic carbocycles. The first kappa shape index (κ1) is 15.3. The molecule has 0 atom stereocenters. The van der Waals surface area contributed by atoms with Crippen molar-refractivity contribution in [2.24, 2.45) is 0 Å². The Morgan fingerprint density at radius 2 is 2.11 bits per heavy atom. The van der Waals surface area contributed by atoms with Gasteiger partial charge in [0.1, 0.15) is 0 Å². The van der Waals surface area contributed by atoms with E-state index in [0.29, 0.717) is 6.07 Å². The fourth-order valence-electron chi connectivity index (χ4n) is 1.47. The highest BCUT2D eigenvalue weighted by molar-refractivity contribution is 6.17. The Bertz CT molecular complexity index is 535. The van der Waals surface area contributed by atoms with Gasteiger partial charge in [-0.1, -0.05) is 0 Å². The van der Waals surface area contributed by atoms with E-state index >= 15 is 0 Å². The molecule has 102 valence electrons. The topological polar surface area (TPSA) is 50.1 Å². The first-order valence-electron chi connectivity index (χ1n) is 5.22. The SMILES string of the molecule is CCOC(=O)c1cc(CCl)c(C#N)cc1C(F)(F)F. The smallest absolute Gasteiger partial charge is 0.417 e. The Morgan fingerprint density at radius 1 is 1.47 bits per heavy atom. The summed E-state index contributed by atoms with van der Waals surface area (Å²) in [6.45, 7) is 1.43. The molecule has 1 aromatic carbocycles. The number of hydrogen-bond acceptors (Lipinski definition) is 3. The molecule has 0 aliphatic heterocycles. The summed E-state index contributed by atoms with van der Waals surface area (Å²) in [5, 5.41) is 8.78. The predicted octanol–water partition coefficient (Wildman–Crippen LogP) is 3.49. The molecule has 1 aromatic rings. The van der Waals surface area contributed by atoms with E-state index < -0.39 is 23.3 Å². The molecule has 0 N–H and O–H groups in total. The number of carbonyl (C=O) groups is 1. The van der Waals surface area contributed by atoms with Crippen molar-refractivity contribution in [3.8, 4) is 6.07 Å². The molecule has 0 saturated heterocycles. The number of ether oxygens (including phenoxy) is 1. The number of nitrogens with zero attached hydrogens (tertiary/aromatic N) is 1. The van der Waals surface area contributed by atoms with Crippen molar-refractivity contribution in [1.29, 1.82) is 5.26 Å². The second-order valence-electron chi connectivity index (χ2n) is 3.52. The third-order valence-corrected chi connectivity index (χ3v) is 2.60. The summed E-state index contributed by atoms with van der Waals surface area (Å²) in [6, 6.07) is 3.19. The maximum absolute atomic E-state index is 12.9. The van der Waals surface area contributed by atoms with E-state index in [1.165, 1.54) is 6.92 Å². The summed E-state index contributed by atoms with van der Waals surface area (Å²) < 4.78 is 43.1. The van der Waals surface area contributed by atoms with Gasteiger partial charge < -0.3 is 4.74 Å². The van der Waals surface area contributed by atoms with E-state index in [1.807, 2.05) is 0 Å². The Kier molecular flexibility index (Phi) is 4.78. The van der Waals surface area contributed by atoms with Gasteiger partial charge in [-0.3, -0.25) is 0 Å². The van der Waals surface area contributed by atoms with Crippen molar-refractivity contribution in [2.75, 3.05) is 6.61 Å². The molecule has 19 heavy (non-hydrogen) atoms. The van der Waals surface area contributed by atoms with Crippen LogP contribution in [0.2, 0.25) is 0 Å². The molecule has 7 heteroatoms. The minimum Gasteiger partial charge on any atom is -0.462 e. The maximum Gasteiger partial charge on any atom is 0.417 e. The molecule has 0 amide bonds. The molecular weight excluding hydrogens is 283 g/mol. The highest BCUT2D eigenvalue weighted by Crippen LogP contribution is 2.34. The average molecular weight is 292 g/mol. The predicted molar refractivity (Wildman–Crippen MR) is 61.7 cm³/mol. The van der Waals surface area contributed by atoms with Gasteiger partial charge in [-0.15, -0.1) is 11.6 Å². The van der Waals surface area contributed by atoms with Gasteiger partial charge >= 0.3 is 12.1 Å². The van der Waals surface area contributed by atoms with Gasteiger partial charge in [0.15, 0.2) is 0 Å². The molecule has 1 rings (SSSR count). The summed E-state index contributed by atoms with van der Waals surface area (Å²) in [4.78, 5) is 11.5. The quantitative estimate of drug-likeness (QED) is 0.632. The number of alkyl halides is 4. The number of esters is 1. The number of rotatable bonds is 3. The van der Waals surface area contributed by atoms with Gasteiger partial charge in [0.25, 0.3) is 0 Å². The second kappa shape index (κ2) is 5.93. The van der Waals surface area contributed by atoms with Gasteiger partial charge in [-0.25, -0.2) is 4.79 Å². The van der Waals surface area contributed by atoms with Gasteiger partial charge in [0.2, 0.25) is 0 Å². The largest absolute Gasteiger partial charge is 0.462 e. The van der Waals surface area contributed by atoms with Crippen LogP contribution in [0.3, 0.4) is 0 Å². The van der Waals surface area contributed by atoms with Gasteiger partial charge in [0, 0.05) is 5.88 Å². The number of benzene rings is 1. The van der Waals surface area contributed by atoms with Crippen molar-refractivity contribution in [3.63, 3.8) is 0 Å². The van der Waals surface area contributed by atoms with Crippen LogP contribution >= 0.6 is 11.6 Å². The van der Waals surface area contributed by atoms with Gasteiger partial charge in [-0.2, -0.15) is 18.4 Å². The van der Waals surface area contributed by atoms with E-state index in [0.717, 1.165) is 6.07 Å². The fraction of sp³-hybridized carbons (Fsp3) is 0.333. The number of hydrogen-bond donors (Lipinski definition) is 0. The Labute approximate surface area is 112 Å². The highest BCUT2D eigenvalue weighted by atomic mass is 35.5. The lowest BCUT2D eigenvalue weighted by Crippen LogP contribution is -2.16. The lowest BCUT2D eigenvalue weighted by molar-refractivity contribution is -0.138. The first-order valence-corrected chi connectivity index (χ1v) is 5.75. The molecule has 0 bridgehead atoms.